The number of nitrogens with zero attached hydrogens (tertiary/aromatic N) is 1. The van der Waals surface area contributed by atoms with Gasteiger partial charge in [0.05, 0.1) is 11.5 Å². The lowest BCUT2D eigenvalue weighted by Gasteiger charge is -2.38. The van der Waals surface area contributed by atoms with E-state index in [1.165, 1.54) is 0 Å². The van der Waals surface area contributed by atoms with Crippen molar-refractivity contribution in [2.75, 3.05) is 13.2 Å². The summed E-state index contributed by atoms with van der Waals surface area (Å²) in [6.45, 7) is 5.72. The van der Waals surface area contributed by atoms with E-state index in [4.69, 9.17) is 9.94 Å². The maximum absolute atomic E-state index is 13.6. The maximum atomic E-state index is 13.6. The predicted octanol–water partition coefficient (Wildman–Crippen LogP) is 3.63. The number of amides is 1. The van der Waals surface area contributed by atoms with Gasteiger partial charge in [0.15, 0.2) is 9.84 Å². The molecule has 1 aliphatic heterocycles. The van der Waals surface area contributed by atoms with Gasteiger partial charge in [-0.2, -0.15) is 0 Å². The molecule has 1 amide bonds. The SMILES string of the molecule is CC(C)CCOc1ccc(S(=O)(=O)C2CC(C(=O)NO)CCN2Cc2ccccc2)cc1. The van der Waals surface area contributed by atoms with E-state index in [-0.39, 0.29) is 11.3 Å². The van der Waals surface area contributed by atoms with Crippen LogP contribution in [0.15, 0.2) is 59.5 Å². The van der Waals surface area contributed by atoms with Crippen LogP contribution >= 0.6 is 0 Å². The fraction of sp³-hybridized carbons (Fsp3) is 0.458. The van der Waals surface area contributed by atoms with Crippen LogP contribution in [0.3, 0.4) is 0 Å². The number of hydrogen-bond acceptors (Lipinski definition) is 6. The Bertz CT molecular complexity index is 977. The first-order valence-electron chi connectivity index (χ1n) is 11.0. The Labute approximate surface area is 190 Å². The van der Waals surface area contributed by atoms with Gasteiger partial charge in [-0.1, -0.05) is 44.2 Å². The van der Waals surface area contributed by atoms with Crippen molar-refractivity contribution in [3.05, 3.63) is 60.2 Å². The summed E-state index contributed by atoms with van der Waals surface area (Å²) < 4.78 is 32.9. The first kappa shape index (κ1) is 24.2. The number of carbonyl (C=O) groups is 1. The third-order valence-corrected chi connectivity index (χ3v) is 7.98. The molecule has 7 nitrogen and oxygen atoms in total. The highest BCUT2D eigenvalue weighted by atomic mass is 32.2. The van der Waals surface area contributed by atoms with Crippen molar-refractivity contribution < 1.29 is 23.2 Å². The Hall–Kier alpha value is -2.42. The average molecular weight is 461 g/mol. The van der Waals surface area contributed by atoms with Crippen LogP contribution in [0.5, 0.6) is 5.75 Å². The molecule has 0 radical (unpaired) electrons. The largest absolute Gasteiger partial charge is 0.494 e. The van der Waals surface area contributed by atoms with E-state index in [1.807, 2.05) is 35.2 Å². The van der Waals surface area contributed by atoms with Crippen molar-refractivity contribution in [3.63, 3.8) is 0 Å². The van der Waals surface area contributed by atoms with E-state index >= 15 is 0 Å². The number of sulfone groups is 1. The number of piperidine rings is 1. The first-order chi connectivity index (χ1) is 15.3. The number of carbonyl (C=O) groups excluding carboxylic acids is 1. The molecule has 2 aromatic rings. The summed E-state index contributed by atoms with van der Waals surface area (Å²) in [7, 11) is -3.75. The second-order valence-corrected chi connectivity index (χ2v) is 10.8. The van der Waals surface area contributed by atoms with Crippen LogP contribution < -0.4 is 10.2 Å². The van der Waals surface area contributed by atoms with E-state index in [0.29, 0.717) is 37.8 Å². The van der Waals surface area contributed by atoms with Crippen molar-refractivity contribution in [1.29, 1.82) is 0 Å². The smallest absolute Gasteiger partial charge is 0.246 e. The molecular formula is C24H32N2O5S. The van der Waals surface area contributed by atoms with Gasteiger partial charge in [0.1, 0.15) is 11.1 Å². The van der Waals surface area contributed by atoms with Gasteiger partial charge in [0.25, 0.3) is 0 Å². The van der Waals surface area contributed by atoms with Crippen LogP contribution in [0.2, 0.25) is 0 Å². The van der Waals surface area contributed by atoms with Gasteiger partial charge in [-0.3, -0.25) is 14.9 Å². The molecule has 2 unspecified atom stereocenters. The van der Waals surface area contributed by atoms with Crippen molar-refractivity contribution in [1.82, 2.24) is 10.4 Å². The zero-order valence-corrected chi connectivity index (χ0v) is 19.4. The van der Waals surface area contributed by atoms with E-state index in [9.17, 15) is 13.2 Å². The van der Waals surface area contributed by atoms with Gasteiger partial charge >= 0.3 is 0 Å². The normalized spacial score (nSPS) is 19.6. The molecule has 32 heavy (non-hydrogen) atoms. The molecule has 0 aliphatic carbocycles. The van der Waals surface area contributed by atoms with Crippen LogP contribution in [0.25, 0.3) is 0 Å². The van der Waals surface area contributed by atoms with Gasteiger partial charge in [0.2, 0.25) is 5.91 Å². The molecule has 1 heterocycles. The van der Waals surface area contributed by atoms with Crippen LogP contribution in [-0.2, 0) is 21.2 Å². The Balaban J connectivity index is 1.81. The second-order valence-electron chi connectivity index (χ2n) is 8.66. The summed E-state index contributed by atoms with van der Waals surface area (Å²) in [5.41, 5.74) is 2.68. The van der Waals surface area contributed by atoms with E-state index in [1.54, 1.807) is 29.7 Å². The lowest BCUT2D eigenvalue weighted by molar-refractivity contribution is -0.135. The molecule has 1 aliphatic rings. The zero-order valence-electron chi connectivity index (χ0n) is 18.6. The number of ether oxygens (including phenoxy) is 1. The fourth-order valence-electron chi connectivity index (χ4n) is 3.92. The standard InChI is InChI=1S/C24H32N2O5S/c1-18(2)13-15-31-21-8-10-22(11-9-21)32(29,30)23-16-20(24(27)25-28)12-14-26(23)17-19-6-4-3-5-7-19/h3-11,18,20,23,28H,12-17H2,1-2H3,(H,25,27). The van der Waals surface area contributed by atoms with Crippen molar-refractivity contribution >= 4 is 15.7 Å². The highest BCUT2D eigenvalue weighted by Gasteiger charge is 2.40. The minimum Gasteiger partial charge on any atom is -0.494 e. The minimum absolute atomic E-state index is 0.119. The Morgan fingerprint density at radius 2 is 1.84 bits per heavy atom. The highest BCUT2D eigenvalue weighted by Crippen LogP contribution is 2.32. The van der Waals surface area contributed by atoms with Crippen LogP contribution in [-0.4, -0.2) is 43.0 Å². The Morgan fingerprint density at radius 1 is 1.16 bits per heavy atom. The molecule has 1 saturated heterocycles. The van der Waals surface area contributed by atoms with Gasteiger partial charge in [-0.25, -0.2) is 13.9 Å². The highest BCUT2D eigenvalue weighted by molar-refractivity contribution is 7.92. The first-order valence-corrected chi connectivity index (χ1v) is 12.5. The molecule has 2 atom stereocenters. The molecule has 8 heteroatoms. The van der Waals surface area contributed by atoms with Gasteiger partial charge in [-0.15, -0.1) is 0 Å². The zero-order chi connectivity index (χ0) is 23.1. The molecule has 2 N–H and O–H groups in total. The number of likely N-dealkylation sites (tertiary alicyclic amines) is 1. The average Bonchev–Trinajstić information content (AvgIpc) is 2.79. The monoisotopic (exact) mass is 460 g/mol. The van der Waals surface area contributed by atoms with Crippen LogP contribution in [0.1, 0.15) is 38.7 Å². The van der Waals surface area contributed by atoms with E-state index < -0.39 is 27.0 Å². The summed E-state index contributed by atoms with van der Waals surface area (Å²) in [5, 5.41) is 8.18. The molecule has 0 aromatic heterocycles. The fourth-order valence-corrected chi connectivity index (χ4v) is 5.81. The number of nitrogens with one attached hydrogen (secondary N) is 1. The Kier molecular flexibility index (Phi) is 8.28. The molecule has 3 rings (SSSR count). The third kappa shape index (κ3) is 6.09. The topological polar surface area (TPSA) is 95.9 Å². The third-order valence-electron chi connectivity index (χ3n) is 5.84. The number of benzene rings is 2. The number of hydroxylamine groups is 1. The molecule has 2 aromatic carbocycles. The summed E-state index contributed by atoms with van der Waals surface area (Å²) in [6.07, 6.45) is 1.52. The van der Waals surface area contributed by atoms with Crippen LogP contribution in [0.4, 0.5) is 0 Å². The van der Waals surface area contributed by atoms with Crippen molar-refractivity contribution in [2.24, 2.45) is 11.8 Å². The number of hydrogen-bond donors (Lipinski definition) is 2. The predicted molar refractivity (Wildman–Crippen MR) is 122 cm³/mol. The van der Waals surface area contributed by atoms with E-state index in [2.05, 4.69) is 13.8 Å². The summed E-state index contributed by atoms with van der Waals surface area (Å²) >= 11 is 0. The quantitative estimate of drug-likeness (QED) is 0.438. The molecule has 0 bridgehead atoms. The number of rotatable bonds is 9. The lowest BCUT2D eigenvalue weighted by atomic mass is 9.95. The molecule has 0 spiro atoms. The lowest BCUT2D eigenvalue weighted by Crippen LogP contribution is -2.49. The molecule has 1 fully saturated rings. The summed E-state index contributed by atoms with van der Waals surface area (Å²) in [6, 6.07) is 16.2. The van der Waals surface area contributed by atoms with Gasteiger partial charge in [-0.05, 0) is 55.0 Å². The van der Waals surface area contributed by atoms with Gasteiger partial charge in [0, 0.05) is 19.0 Å². The molecular weight excluding hydrogens is 428 g/mol. The minimum atomic E-state index is -3.75. The summed E-state index contributed by atoms with van der Waals surface area (Å²) in [4.78, 5) is 14.1. The van der Waals surface area contributed by atoms with Crippen molar-refractivity contribution in [2.45, 2.75) is 49.9 Å². The van der Waals surface area contributed by atoms with Crippen LogP contribution in [0, 0.1) is 11.8 Å². The summed E-state index contributed by atoms with van der Waals surface area (Å²) in [5.74, 6) is 0.0523. The molecule has 0 saturated carbocycles. The van der Waals surface area contributed by atoms with Crippen molar-refractivity contribution in [3.8, 4) is 5.75 Å². The molecule has 174 valence electrons. The maximum Gasteiger partial charge on any atom is 0.246 e. The Morgan fingerprint density at radius 3 is 2.47 bits per heavy atom. The van der Waals surface area contributed by atoms with E-state index in [0.717, 1.165) is 12.0 Å². The second kappa shape index (κ2) is 10.9. The van der Waals surface area contributed by atoms with Gasteiger partial charge < -0.3 is 4.74 Å².